The van der Waals surface area contributed by atoms with Gasteiger partial charge in [-0.2, -0.15) is 5.10 Å². The number of aromatic carboxylic acids is 1. The van der Waals surface area contributed by atoms with E-state index in [4.69, 9.17) is 14.6 Å². The molecule has 0 aliphatic carbocycles. The van der Waals surface area contributed by atoms with Gasteiger partial charge in [-0.15, -0.1) is 0 Å². The van der Waals surface area contributed by atoms with Gasteiger partial charge < -0.3 is 14.6 Å². The number of carboxylic acids is 1. The Bertz CT molecular complexity index is 349. The number of aryl methyl sites for hydroxylation is 1. The first-order valence-corrected chi connectivity index (χ1v) is 5.06. The second kappa shape index (κ2) is 6.24. The topological polar surface area (TPSA) is 73.6 Å². The largest absolute Gasteiger partial charge is 0.478 e. The first-order valence-electron chi connectivity index (χ1n) is 5.06. The Balaban J connectivity index is 2.46. The van der Waals surface area contributed by atoms with E-state index in [1.165, 1.54) is 10.9 Å². The van der Waals surface area contributed by atoms with Crippen molar-refractivity contribution < 1.29 is 19.4 Å². The zero-order valence-corrected chi connectivity index (χ0v) is 9.47. The lowest BCUT2D eigenvalue weighted by Crippen LogP contribution is -2.09. The number of carbonyl (C=O) groups is 1. The third-order valence-corrected chi connectivity index (χ3v) is 2.11. The van der Waals surface area contributed by atoms with E-state index in [1.54, 1.807) is 7.05 Å². The fourth-order valence-corrected chi connectivity index (χ4v) is 1.24. The van der Waals surface area contributed by atoms with Crippen LogP contribution in [0.25, 0.3) is 0 Å². The Morgan fingerprint density at radius 2 is 2.19 bits per heavy atom. The highest BCUT2D eigenvalue weighted by Crippen LogP contribution is 2.08. The molecule has 1 heterocycles. The molecule has 0 spiro atoms. The molecule has 0 amide bonds. The molecule has 0 unspecified atom stereocenters. The molecule has 0 radical (unpaired) electrons. The molecule has 90 valence electrons. The third kappa shape index (κ3) is 3.32. The van der Waals surface area contributed by atoms with E-state index in [0.717, 1.165) is 0 Å². The summed E-state index contributed by atoms with van der Waals surface area (Å²) in [5.74, 6) is -0.989. The van der Waals surface area contributed by atoms with Crippen molar-refractivity contribution in [2.75, 3.05) is 19.8 Å². The lowest BCUT2D eigenvalue weighted by atomic mass is 10.2. The van der Waals surface area contributed by atoms with Crippen LogP contribution >= 0.6 is 0 Å². The molecule has 0 fully saturated rings. The zero-order chi connectivity index (χ0) is 12.0. The van der Waals surface area contributed by atoms with Gasteiger partial charge in [0.05, 0.1) is 31.7 Å². The van der Waals surface area contributed by atoms with Crippen molar-refractivity contribution in [3.05, 3.63) is 17.5 Å². The van der Waals surface area contributed by atoms with Gasteiger partial charge in [0.25, 0.3) is 0 Å². The number of aromatic nitrogens is 2. The van der Waals surface area contributed by atoms with Gasteiger partial charge in [-0.25, -0.2) is 4.79 Å². The summed E-state index contributed by atoms with van der Waals surface area (Å²) in [5.41, 5.74) is 0.739. The summed E-state index contributed by atoms with van der Waals surface area (Å²) >= 11 is 0. The minimum atomic E-state index is -0.989. The van der Waals surface area contributed by atoms with Crippen LogP contribution in [0.4, 0.5) is 0 Å². The van der Waals surface area contributed by atoms with Crippen molar-refractivity contribution in [1.82, 2.24) is 9.78 Å². The fraction of sp³-hybridized carbons (Fsp3) is 0.600. The predicted molar refractivity (Wildman–Crippen MR) is 56.3 cm³/mol. The average molecular weight is 228 g/mol. The van der Waals surface area contributed by atoms with Crippen molar-refractivity contribution >= 4 is 5.97 Å². The molecule has 1 rings (SSSR count). The van der Waals surface area contributed by atoms with Crippen molar-refractivity contribution in [2.24, 2.45) is 7.05 Å². The molecule has 0 bridgehead atoms. The summed E-state index contributed by atoms with van der Waals surface area (Å²) in [4.78, 5) is 10.8. The lowest BCUT2D eigenvalue weighted by Gasteiger charge is -2.05. The van der Waals surface area contributed by atoms with Gasteiger partial charge in [0.1, 0.15) is 5.56 Å². The molecule has 0 saturated carbocycles. The van der Waals surface area contributed by atoms with Crippen LogP contribution in [0.15, 0.2) is 6.20 Å². The highest BCUT2D eigenvalue weighted by Gasteiger charge is 2.14. The normalized spacial score (nSPS) is 10.6. The Morgan fingerprint density at radius 3 is 2.81 bits per heavy atom. The third-order valence-electron chi connectivity index (χ3n) is 2.11. The van der Waals surface area contributed by atoms with Crippen molar-refractivity contribution in [1.29, 1.82) is 0 Å². The number of hydrogen-bond acceptors (Lipinski definition) is 4. The summed E-state index contributed by atoms with van der Waals surface area (Å²) in [6.45, 7) is 3.74. The van der Waals surface area contributed by atoms with E-state index in [0.29, 0.717) is 25.5 Å². The summed E-state index contributed by atoms with van der Waals surface area (Å²) in [6, 6.07) is 0. The van der Waals surface area contributed by atoms with Crippen LogP contribution in [0.2, 0.25) is 0 Å². The molecule has 6 heteroatoms. The van der Waals surface area contributed by atoms with Crippen molar-refractivity contribution in [3.63, 3.8) is 0 Å². The van der Waals surface area contributed by atoms with Gasteiger partial charge in [-0.1, -0.05) is 0 Å². The molecule has 6 nitrogen and oxygen atoms in total. The summed E-state index contributed by atoms with van der Waals surface area (Å²) in [7, 11) is 1.69. The van der Waals surface area contributed by atoms with Gasteiger partial charge in [0.15, 0.2) is 0 Å². The smallest absolute Gasteiger partial charge is 0.339 e. The van der Waals surface area contributed by atoms with Crippen LogP contribution in [-0.4, -0.2) is 40.7 Å². The second-order valence-corrected chi connectivity index (χ2v) is 3.18. The average Bonchev–Trinajstić information content (AvgIpc) is 2.60. The van der Waals surface area contributed by atoms with Gasteiger partial charge in [-0.3, -0.25) is 4.68 Å². The molecule has 1 aromatic heterocycles. The molecule has 0 aliphatic heterocycles. The molecule has 0 aromatic carbocycles. The van der Waals surface area contributed by atoms with Crippen molar-refractivity contribution in [2.45, 2.75) is 13.5 Å². The van der Waals surface area contributed by atoms with Gasteiger partial charge in [0.2, 0.25) is 0 Å². The molecule has 1 aromatic rings. The van der Waals surface area contributed by atoms with Gasteiger partial charge in [0, 0.05) is 13.7 Å². The van der Waals surface area contributed by atoms with Crippen LogP contribution in [0.3, 0.4) is 0 Å². The van der Waals surface area contributed by atoms with Crippen LogP contribution in [0.1, 0.15) is 23.0 Å². The zero-order valence-electron chi connectivity index (χ0n) is 9.47. The number of rotatable bonds is 7. The lowest BCUT2D eigenvalue weighted by molar-refractivity contribution is 0.0421. The maximum absolute atomic E-state index is 10.8. The highest BCUT2D eigenvalue weighted by atomic mass is 16.5. The predicted octanol–water partition coefficient (Wildman–Crippen LogP) is 0.671. The van der Waals surface area contributed by atoms with Crippen LogP contribution in [0, 0.1) is 0 Å². The van der Waals surface area contributed by atoms with E-state index in [-0.39, 0.29) is 12.2 Å². The molecule has 1 N–H and O–H groups in total. The first kappa shape index (κ1) is 12.7. The SMILES string of the molecule is CCOCCOCc1c(C(=O)O)cnn1C. The summed E-state index contributed by atoms with van der Waals surface area (Å²) < 4.78 is 11.9. The Labute approximate surface area is 93.8 Å². The minimum Gasteiger partial charge on any atom is -0.478 e. The molecule has 16 heavy (non-hydrogen) atoms. The van der Waals surface area contributed by atoms with E-state index in [9.17, 15) is 4.79 Å². The van der Waals surface area contributed by atoms with Gasteiger partial charge in [-0.05, 0) is 6.92 Å². The maximum atomic E-state index is 10.8. The van der Waals surface area contributed by atoms with Crippen molar-refractivity contribution in [3.8, 4) is 0 Å². The molecular weight excluding hydrogens is 212 g/mol. The maximum Gasteiger partial charge on any atom is 0.339 e. The van der Waals surface area contributed by atoms with E-state index in [2.05, 4.69) is 5.10 Å². The first-order chi connectivity index (χ1) is 7.66. The molecule has 0 aliphatic rings. The standard InChI is InChI=1S/C10H16N2O4/c1-3-15-4-5-16-7-9-8(10(13)14)6-11-12(9)2/h6H,3-5,7H2,1-2H3,(H,13,14). The van der Waals surface area contributed by atoms with E-state index < -0.39 is 5.97 Å². The van der Waals surface area contributed by atoms with Crippen LogP contribution < -0.4 is 0 Å². The minimum absolute atomic E-state index is 0.180. The Morgan fingerprint density at radius 1 is 1.50 bits per heavy atom. The molecule has 0 atom stereocenters. The van der Waals surface area contributed by atoms with Gasteiger partial charge >= 0.3 is 5.97 Å². The molecule has 0 saturated heterocycles. The monoisotopic (exact) mass is 228 g/mol. The summed E-state index contributed by atoms with van der Waals surface area (Å²) in [6.07, 6.45) is 1.32. The molecular formula is C10H16N2O4. The van der Waals surface area contributed by atoms with E-state index in [1.807, 2.05) is 6.92 Å². The quantitative estimate of drug-likeness (QED) is 0.694. The fourth-order valence-electron chi connectivity index (χ4n) is 1.24. The highest BCUT2D eigenvalue weighted by molar-refractivity contribution is 5.88. The number of carboxylic acid groups (broad SMARTS) is 1. The second-order valence-electron chi connectivity index (χ2n) is 3.18. The van der Waals surface area contributed by atoms with E-state index >= 15 is 0 Å². The van der Waals surface area contributed by atoms with Crippen LogP contribution in [0.5, 0.6) is 0 Å². The Hall–Kier alpha value is -1.40. The number of ether oxygens (including phenoxy) is 2. The van der Waals surface area contributed by atoms with Crippen LogP contribution in [-0.2, 0) is 23.1 Å². The Kier molecular flexibility index (Phi) is 4.94. The summed E-state index contributed by atoms with van der Waals surface area (Å²) in [5, 5.41) is 12.8. The number of nitrogens with zero attached hydrogens (tertiary/aromatic N) is 2. The number of hydrogen-bond donors (Lipinski definition) is 1.